The van der Waals surface area contributed by atoms with Crippen molar-refractivity contribution >= 4 is 11.9 Å². The molecule has 1 aromatic heterocycles. The summed E-state index contributed by atoms with van der Waals surface area (Å²) in [7, 11) is 0. The Labute approximate surface area is 164 Å². The summed E-state index contributed by atoms with van der Waals surface area (Å²) in [6.07, 6.45) is 1.24. The number of hydrogen-bond acceptors (Lipinski definition) is 6. The standard InChI is InChI=1S/C21H26N2O5/c1-4-26-21(25)16-9-11-23(12-10-16)20(24)17-7-5-6-8-19(17)27-13-18-14(2)22-28-15(18)3/h5-8,16H,4,9-13H2,1-3H3. The molecule has 7 heteroatoms. The van der Waals surface area contributed by atoms with Gasteiger partial charge in [-0.3, -0.25) is 9.59 Å². The largest absolute Gasteiger partial charge is 0.488 e. The Morgan fingerprint density at radius 2 is 1.93 bits per heavy atom. The maximum absolute atomic E-state index is 13.0. The third-order valence-corrected chi connectivity index (χ3v) is 5.07. The Bertz CT molecular complexity index is 818. The Morgan fingerprint density at radius 1 is 1.21 bits per heavy atom. The first-order valence-corrected chi connectivity index (χ1v) is 9.60. The lowest BCUT2D eigenvalue weighted by Crippen LogP contribution is -2.40. The lowest BCUT2D eigenvalue weighted by molar-refractivity contribution is -0.149. The second-order valence-electron chi connectivity index (χ2n) is 6.91. The fourth-order valence-electron chi connectivity index (χ4n) is 3.38. The van der Waals surface area contributed by atoms with Crippen LogP contribution in [0.4, 0.5) is 0 Å². The third kappa shape index (κ3) is 4.35. The van der Waals surface area contributed by atoms with E-state index in [1.54, 1.807) is 24.0 Å². The van der Waals surface area contributed by atoms with E-state index in [0.717, 1.165) is 11.3 Å². The number of aromatic nitrogens is 1. The molecule has 1 aromatic carbocycles. The number of piperidine rings is 1. The average Bonchev–Trinajstić information content (AvgIpc) is 3.04. The van der Waals surface area contributed by atoms with E-state index in [-0.39, 0.29) is 24.4 Å². The van der Waals surface area contributed by atoms with Crippen LogP contribution in [0.1, 0.15) is 47.1 Å². The van der Waals surface area contributed by atoms with E-state index in [0.29, 0.717) is 49.6 Å². The van der Waals surface area contributed by atoms with Crippen molar-refractivity contribution in [2.75, 3.05) is 19.7 Å². The van der Waals surface area contributed by atoms with Crippen LogP contribution in [0.3, 0.4) is 0 Å². The fourth-order valence-corrected chi connectivity index (χ4v) is 3.38. The van der Waals surface area contributed by atoms with E-state index in [2.05, 4.69) is 5.16 Å². The first-order chi connectivity index (χ1) is 13.5. The molecular weight excluding hydrogens is 360 g/mol. The Balaban J connectivity index is 1.66. The Morgan fingerprint density at radius 3 is 2.57 bits per heavy atom. The maximum atomic E-state index is 13.0. The SMILES string of the molecule is CCOC(=O)C1CCN(C(=O)c2ccccc2OCc2c(C)noc2C)CC1. The van der Waals surface area contributed by atoms with Crippen molar-refractivity contribution in [2.45, 2.75) is 40.2 Å². The van der Waals surface area contributed by atoms with Gasteiger partial charge in [0.2, 0.25) is 0 Å². The molecule has 1 aliphatic heterocycles. The highest BCUT2D eigenvalue weighted by atomic mass is 16.5. The summed E-state index contributed by atoms with van der Waals surface area (Å²) in [5, 5.41) is 3.93. The van der Waals surface area contributed by atoms with Gasteiger partial charge in [0.1, 0.15) is 18.1 Å². The number of para-hydroxylation sites is 1. The molecule has 3 rings (SSSR count). The summed E-state index contributed by atoms with van der Waals surface area (Å²) in [4.78, 5) is 26.7. The second-order valence-corrected chi connectivity index (χ2v) is 6.91. The van der Waals surface area contributed by atoms with Crippen molar-refractivity contribution in [3.63, 3.8) is 0 Å². The molecular formula is C21H26N2O5. The molecule has 0 spiro atoms. The monoisotopic (exact) mass is 386 g/mol. The number of esters is 1. The van der Waals surface area contributed by atoms with Gasteiger partial charge in [0.05, 0.1) is 29.3 Å². The normalized spacial score (nSPS) is 14.8. The van der Waals surface area contributed by atoms with Crippen LogP contribution in [-0.4, -0.2) is 41.6 Å². The summed E-state index contributed by atoms with van der Waals surface area (Å²) in [6.45, 7) is 7.23. The molecule has 7 nitrogen and oxygen atoms in total. The minimum atomic E-state index is -0.169. The zero-order chi connectivity index (χ0) is 20.1. The average molecular weight is 386 g/mol. The van der Waals surface area contributed by atoms with E-state index in [9.17, 15) is 9.59 Å². The number of carbonyl (C=O) groups excluding carboxylic acids is 2. The molecule has 1 fully saturated rings. The Hall–Kier alpha value is -2.83. The predicted molar refractivity (Wildman–Crippen MR) is 102 cm³/mol. The first-order valence-electron chi connectivity index (χ1n) is 9.60. The second kappa shape index (κ2) is 8.91. The minimum Gasteiger partial charge on any atom is -0.488 e. The number of likely N-dealkylation sites (tertiary alicyclic amines) is 1. The molecule has 0 bridgehead atoms. The van der Waals surface area contributed by atoms with Crippen LogP contribution >= 0.6 is 0 Å². The number of benzene rings is 1. The summed E-state index contributed by atoms with van der Waals surface area (Å²) < 4.78 is 16.2. The number of amides is 1. The summed E-state index contributed by atoms with van der Waals surface area (Å²) in [6, 6.07) is 7.22. The molecule has 1 amide bonds. The van der Waals surface area contributed by atoms with Crippen LogP contribution in [0.25, 0.3) is 0 Å². The lowest BCUT2D eigenvalue weighted by atomic mass is 9.96. The molecule has 0 aliphatic carbocycles. The number of aryl methyl sites for hydroxylation is 2. The molecule has 1 saturated heterocycles. The molecule has 0 saturated carbocycles. The van der Waals surface area contributed by atoms with Crippen molar-refractivity contribution < 1.29 is 23.6 Å². The summed E-state index contributed by atoms with van der Waals surface area (Å²) in [5.41, 5.74) is 2.18. The van der Waals surface area contributed by atoms with Gasteiger partial charge in [-0.15, -0.1) is 0 Å². The van der Waals surface area contributed by atoms with E-state index < -0.39 is 0 Å². The Kier molecular flexibility index (Phi) is 6.34. The first kappa shape index (κ1) is 19.9. The number of carbonyl (C=O) groups is 2. The van der Waals surface area contributed by atoms with Gasteiger partial charge in [0.25, 0.3) is 5.91 Å². The van der Waals surface area contributed by atoms with Crippen molar-refractivity contribution in [1.29, 1.82) is 0 Å². The van der Waals surface area contributed by atoms with Crippen molar-refractivity contribution in [2.24, 2.45) is 5.92 Å². The van der Waals surface area contributed by atoms with Gasteiger partial charge in [-0.2, -0.15) is 0 Å². The van der Waals surface area contributed by atoms with Crippen LogP contribution in [0, 0.1) is 19.8 Å². The zero-order valence-corrected chi connectivity index (χ0v) is 16.6. The fraction of sp³-hybridized carbons (Fsp3) is 0.476. The van der Waals surface area contributed by atoms with Gasteiger partial charge < -0.3 is 18.9 Å². The van der Waals surface area contributed by atoms with Crippen molar-refractivity contribution in [3.8, 4) is 5.75 Å². The van der Waals surface area contributed by atoms with Gasteiger partial charge >= 0.3 is 5.97 Å². The topological polar surface area (TPSA) is 81.9 Å². The molecule has 1 aliphatic rings. The maximum Gasteiger partial charge on any atom is 0.309 e. The van der Waals surface area contributed by atoms with E-state index in [4.69, 9.17) is 14.0 Å². The smallest absolute Gasteiger partial charge is 0.309 e. The van der Waals surface area contributed by atoms with Crippen LogP contribution in [0.5, 0.6) is 5.75 Å². The predicted octanol–water partition coefficient (Wildman–Crippen LogP) is 3.29. The minimum absolute atomic E-state index is 0.0864. The van der Waals surface area contributed by atoms with E-state index >= 15 is 0 Å². The molecule has 2 aromatic rings. The third-order valence-electron chi connectivity index (χ3n) is 5.07. The van der Waals surface area contributed by atoms with Crippen LogP contribution in [0.2, 0.25) is 0 Å². The van der Waals surface area contributed by atoms with Crippen LogP contribution in [0.15, 0.2) is 28.8 Å². The molecule has 0 radical (unpaired) electrons. The molecule has 150 valence electrons. The van der Waals surface area contributed by atoms with Gasteiger partial charge in [-0.1, -0.05) is 17.3 Å². The van der Waals surface area contributed by atoms with E-state index in [1.807, 2.05) is 26.0 Å². The van der Waals surface area contributed by atoms with E-state index in [1.165, 1.54) is 0 Å². The number of rotatable bonds is 6. The molecule has 0 atom stereocenters. The van der Waals surface area contributed by atoms with Crippen LogP contribution in [-0.2, 0) is 16.1 Å². The zero-order valence-electron chi connectivity index (χ0n) is 16.6. The quantitative estimate of drug-likeness (QED) is 0.709. The summed E-state index contributed by atoms with van der Waals surface area (Å²) in [5.74, 6) is 0.854. The van der Waals surface area contributed by atoms with Crippen LogP contribution < -0.4 is 4.74 Å². The molecule has 0 N–H and O–H groups in total. The molecule has 2 heterocycles. The molecule has 28 heavy (non-hydrogen) atoms. The number of ether oxygens (including phenoxy) is 2. The highest BCUT2D eigenvalue weighted by Gasteiger charge is 2.29. The number of nitrogens with zero attached hydrogens (tertiary/aromatic N) is 2. The summed E-state index contributed by atoms with van der Waals surface area (Å²) >= 11 is 0. The van der Waals surface area contributed by atoms with Gasteiger partial charge in [0, 0.05) is 13.1 Å². The number of hydrogen-bond donors (Lipinski definition) is 0. The van der Waals surface area contributed by atoms with Crippen molar-refractivity contribution in [3.05, 3.63) is 46.8 Å². The van der Waals surface area contributed by atoms with Crippen molar-refractivity contribution in [1.82, 2.24) is 10.1 Å². The highest BCUT2D eigenvalue weighted by Crippen LogP contribution is 2.26. The highest BCUT2D eigenvalue weighted by molar-refractivity contribution is 5.97. The molecule has 0 unspecified atom stereocenters. The van der Waals surface area contributed by atoms with Gasteiger partial charge in [0.15, 0.2) is 0 Å². The lowest BCUT2D eigenvalue weighted by Gasteiger charge is -2.31. The van der Waals surface area contributed by atoms with Gasteiger partial charge in [-0.25, -0.2) is 0 Å². The van der Waals surface area contributed by atoms with Gasteiger partial charge in [-0.05, 0) is 45.7 Å².